The molecule has 1 N–H and O–H groups in total. The minimum atomic E-state index is -0.689. The minimum Gasteiger partial charge on any atom is -0.365 e. The first-order valence-corrected chi connectivity index (χ1v) is 9.03. The highest BCUT2D eigenvalue weighted by atomic mass is 35.5. The standard InChI is InChI=1S/C18H20ClF2N5/c1-3-5-6-12(4-2)23-18-15(21)16(19)24-17(25-18)13-9-22-14-8-7-11(20)10-26(13)14/h7-10,12H,3-6H2,1-2H3,(H,23,24,25). The van der Waals surface area contributed by atoms with Gasteiger partial charge in [0, 0.05) is 12.2 Å². The average molecular weight is 380 g/mol. The van der Waals surface area contributed by atoms with Crippen LogP contribution < -0.4 is 5.32 Å². The molecule has 0 radical (unpaired) electrons. The van der Waals surface area contributed by atoms with E-state index in [0.717, 1.165) is 25.7 Å². The van der Waals surface area contributed by atoms with Gasteiger partial charge in [0.1, 0.15) is 17.2 Å². The summed E-state index contributed by atoms with van der Waals surface area (Å²) in [6.07, 6.45) is 6.62. The second-order valence-corrected chi connectivity index (χ2v) is 6.47. The Morgan fingerprint density at radius 3 is 2.77 bits per heavy atom. The van der Waals surface area contributed by atoms with Crippen LogP contribution in [0.2, 0.25) is 5.15 Å². The SMILES string of the molecule is CCCCC(CC)Nc1nc(-c2cnc3ccc(F)cn23)nc(Cl)c1F. The summed E-state index contributed by atoms with van der Waals surface area (Å²) in [5, 5.41) is 2.84. The molecular formula is C18H20ClF2N5. The van der Waals surface area contributed by atoms with E-state index in [1.807, 2.05) is 6.92 Å². The first kappa shape index (κ1) is 18.5. The Morgan fingerprint density at radius 1 is 1.23 bits per heavy atom. The number of rotatable bonds is 7. The van der Waals surface area contributed by atoms with Crippen molar-refractivity contribution in [1.29, 1.82) is 0 Å². The van der Waals surface area contributed by atoms with Gasteiger partial charge in [0.05, 0.1) is 6.20 Å². The van der Waals surface area contributed by atoms with Gasteiger partial charge in [0.2, 0.25) is 5.82 Å². The predicted octanol–water partition coefficient (Wildman–Crippen LogP) is 5.10. The number of fused-ring (bicyclic) bond motifs is 1. The van der Waals surface area contributed by atoms with E-state index < -0.39 is 11.6 Å². The second kappa shape index (κ2) is 7.95. The number of aromatic nitrogens is 4. The number of hydrogen-bond donors (Lipinski definition) is 1. The van der Waals surface area contributed by atoms with E-state index in [-0.39, 0.29) is 22.8 Å². The first-order valence-electron chi connectivity index (χ1n) is 8.66. The molecule has 1 atom stereocenters. The highest BCUT2D eigenvalue weighted by Gasteiger charge is 2.19. The molecule has 138 valence electrons. The Morgan fingerprint density at radius 2 is 2.04 bits per heavy atom. The summed E-state index contributed by atoms with van der Waals surface area (Å²) in [6.45, 7) is 4.14. The molecule has 0 aliphatic heterocycles. The van der Waals surface area contributed by atoms with Crippen LogP contribution in [0.5, 0.6) is 0 Å². The van der Waals surface area contributed by atoms with E-state index in [2.05, 4.69) is 27.2 Å². The van der Waals surface area contributed by atoms with Crippen molar-refractivity contribution in [2.45, 2.75) is 45.6 Å². The third-order valence-electron chi connectivity index (χ3n) is 4.25. The van der Waals surface area contributed by atoms with Crippen molar-refractivity contribution in [2.24, 2.45) is 0 Å². The zero-order valence-electron chi connectivity index (χ0n) is 14.6. The Hall–Kier alpha value is -2.28. The Bertz CT molecular complexity index is 912. The highest BCUT2D eigenvalue weighted by Crippen LogP contribution is 2.26. The third kappa shape index (κ3) is 3.77. The largest absolute Gasteiger partial charge is 0.365 e. The molecule has 0 fully saturated rings. The van der Waals surface area contributed by atoms with Crippen molar-refractivity contribution in [3.63, 3.8) is 0 Å². The normalized spacial score (nSPS) is 12.5. The van der Waals surface area contributed by atoms with E-state index >= 15 is 0 Å². The van der Waals surface area contributed by atoms with Crippen LogP contribution in [0.25, 0.3) is 17.2 Å². The summed E-state index contributed by atoms with van der Waals surface area (Å²) in [4.78, 5) is 12.5. The number of unbranched alkanes of at least 4 members (excludes halogenated alkanes) is 1. The van der Waals surface area contributed by atoms with E-state index in [1.54, 1.807) is 6.07 Å². The Balaban J connectivity index is 2.00. The van der Waals surface area contributed by atoms with Crippen molar-refractivity contribution < 1.29 is 8.78 Å². The number of hydrogen-bond acceptors (Lipinski definition) is 4. The zero-order valence-corrected chi connectivity index (χ0v) is 15.4. The molecule has 26 heavy (non-hydrogen) atoms. The van der Waals surface area contributed by atoms with E-state index in [1.165, 1.54) is 22.9 Å². The fraction of sp³-hybridized carbons (Fsp3) is 0.389. The lowest BCUT2D eigenvalue weighted by Gasteiger charge is -2.18. The molecule has 0 bridgehead atoms. The smallest absolute Gasteiger partial charge is 0.202 e. The maximum atomic E-state index is 14.4. The highest BCUT2D eigenvalue weighted by molar-refractivity contribution is 6.29. The summed E-state index contributed by atoms with van der Waals surface area (Å²) in [5.41, 5.74) is 0.973. The Labute approximate surface area is 155 Å². The molecule has 0 aliphatic rings. The molecule has 0 spiro atoms. The number of halogens is 3. The number of nitrogens with one attached hydrogen (secondary N) is 1. The molecule has 0 aromatic carbocycles. The first-order chi connectivity index (χ1) is 12.5. The minimum absolute atomic E-state index is 0.0503. The molecule has 8 heteroatoms. The molecule has 3 aromatic heterocycles. The molecule has 0 aliphatic carbocycles. The van der Waals surface area contributed by atoms with Crippen molar-refractivity contribution in [3.8, 4) is 11.5 Å². The molecule has 0 saturated heterocycles. The lowest BCUT2D eigenvalue weighted by atomic mass is 10.1. The third-order valence-corrected chi connectivity index (χ3v) is 4.50. The van der Waals surface area contributed by atoms with Crippen LogP contribution in [0.1, 0.15) is 39.5 Å². The molecular weight excluding hydrogens is 360 g/mol. The number of imidazole rings is 1. The molecule has 3 rings (SSSR count). The van der Waals surface area contributed by atoms with Crippen LogP contribution in [-0.2, 0) is 0 Å². The van der Waals surface area contributed by atoms with Gasteiger partial charge < -0.3 is 5.32 Å². The maximum Gasteiger partial charge on any atom is 0.202 e. The van der Waals surface area contributed by atoms with E-state index in [9.17, 15) is 8.78 Å². The van der Waals surface area contributed by atoms with Gasteiger partial charge in [-0.15, -0.1) is 0 Å². The van der Waals surface area contributed by atoms with Gasteiger partial charge in [0.15, 0.2) is 16.8 Å². The molecule has 0 amide bonds. The monoisotopic (exact) mass is 379 g/mol. The average Bonchev–Trinajstić information content (AvgIpc) is 3.04. The number of pyridine rings is 1. The van der Waals surface area contributed by atoms with Gasteiger partial charge in [-0.2, -0.15) is 4.39 Å². The molecule has 0 saturated carbocycles. The van der Waals surface area contributed by atoms with Crippen LogP contribution >= 0.6 is 11.6 Å². The summed E-state index contributed by atoms with van der Waals surface area (Å²) in [5.74, 6) is -0.879. The summed E-state index contributed by atoms with van der Waals surface area (Å²) in [6, 6.07) is 2.95. The van der Waals surface area contributed by atoms with Gasteiger partial charge in [-0.3, -0.25) is 4.40 Å². The van der Waals surface area contributed by atoms with Gasteiger partial charge in [-0.05, 0) is 25.0 Å². The lowest BCUT2D eigenvalue weighted by Crippen LogP contribution is -2.20. The van der Waals surface area contributed by atoms with Crippen LogP contribution in [0, 0.1) is 11.6 Å². The fourth-order valence-electron chi connectivity index (χ4n) is 2.77. The van der Waals surface area contributed by atoms with Crippen molar-refractivity contribution in [3.05, 3.63) is 41.3 Å². The van der Waals surface area contributed by atoms with Gasteiger partial charge >= 0.3 is 0 Å². The summed E-state index contributed by atoms with van der Waals surface area (Å²) < 4.78 is 29.5. The lowest BCUT2D eigenvalue weighted by molar-refractivity contribution is 0.574. The van der Waals surface area contributed by atoms with Crippen LogP contribution in [0.4, 0.5) is 14.6 Å². The summed E-state index contributed by atoms with van der Waals surface area (Å²) >= 11 is 5.98. The van der Waals surface area contributed by atoms with Gasteiger partial charge in [0.25, 0.3) is 0 Å². The number of anilines is 1. The molecule has 3 aromatic rings. The topological polar surface area (TPSA) is 55.1 Å². The van der Waals surface area contributed by atoms with Crippen molar-refractivity contribution >= 4 is 23.1 Å². The van der Waals surface area contributed by atoms with Crippen molar-refractivity contribution in [1.82, 2.24) is 19.4 Å². The van der Waals surface area contributed by atoms with Crippen LogP contribution in [0.3, 0.4) is 0 Å². The zero-order chi connectivity index (χ0) is 18.7. The summed E-state index contributed by atoms with van der Waals surface area (Å²) in [7, 11) is 0. The van der Waals surface area contributed by atoms with Crippen LogP contribution in [0.15, 0.2) is 24.5 Å². The van der Waals surface area contributed by atoms with Gasteiger partial charge in [-0.25, -0.2) is 19.3 Å². The van der Waals surface area contributed by atoms with E-state index in [0.29, 0.717) is 11.3 Å². The number of nitrogens with zero attached hydrogens (tertiary/aromatic N) is 4. The fourth-order valence-corrected chi connectivity index (χ4v) is 2.94. The Kier molecular flexibility index (Phi) is 5.66. The maximum absolute atomic E-state index is 14.4. The van der Waals surface area contributed by atoms with E-state index in [4.69, 9.17) is 11.6 Å². The second-order valence-electron chi connectivity index (χ2n) is 6.11. The predicted molar refractivity (Wildman–Crippen MR) is 98.4 cm³/mol. The molecule has 1 unspecified atom stereocenters. The van der Waals surface area contributed by atoms with Gasteiger partial charge in [-0.1, -0.05) is 38.3 Å². The quantitative estimate of drug-likeness (QED) is 0.580. The molecule has 5 nitrogen and oxygen atoms in total. The van der Waals surface area contributed by atoms with Crippen molar-refractivity contribution in [2.75, 3.05) is 5.32 Å². The van der Waals surface area contributed by atoms with Crippen LogP contribution in [-0.4, -0.2) is 25.4 Å². The molecule has 3 heterocycles.